The Bertz CT molecular complexity index is 2560. The Labute approximate surface area is 396 Å². The molecule has 1 atom stereocenters. The molecule has 3 aliphatic heterocycles. The average Bonchev–Trinajstić information content (AvgIpc) is 3.99. The summed E-state index contributed by atoms with van der Waals surface area (Å²) in [5, 5.41) is 17.4. The number of nitrogens with one attached hydrogen (secondary N) is 4. The Morgan fingerprint density at radius 1 is 0.926 bits per heavy atom. The maximum atomic E-state index is 13.1. The van der Waals surface area contributed by atoms with E-state index >= 15 is 0 Å². The third-order valence-corrected chi connectivity index (χ3v) is 13.0. The fourth-order valence-corrected chi connectivity index (χ4v) is 9.24. The minimum atomic E-state index is -0.646. The second-order valence-electron chi connectivity index (χ2n) is 17.5. The van der Waals surface area contributed by atoms with Gasteiger partial charge >= 0.3 is 0 Å². The topological polar surface area (TPSA) is 232 Å². The van der Waals surface area contributed by atoms with Gasteiger partial charge in [-0.1, -0.05) is 37.6 Å². The molecule has 358 valence electrons. The van der Waals surface area contributed by atoms with Crippen molar-refractivity contribution >= 4 is 35.0 Å². The number of aromatic nitrogens is 5. The largest absolute Gasteiger partial charge is 0.494 e. The number of carbonyl (C=O) groups excluding carboxylic acids is 4. The van der Waals surface area contributed by atoms with E-state index in [0.717, 1.165) is 91.0 Å². The van der Waals surface area contributed by atoms with E-state index in [1.807, 2.05) is 49.4 Å². The van der Waals surface area contributed by atoms with Crippen molar-refractivity contribution in [1.82, 2.24) is 40.3 Å². The molecule has 0 spiro atoms. The summed E-state index contributed by atoms with van der Waals surface area (Å²) in [7, 11) is 2.11. The van der Waals surface area contributed by atoms with E-state index in [1.165, 1.54) is 6.33 Å². The molecule has 3 aliphatic rings. The van der Waals surface area contributed by atoms with Gasteiger partial charge in [0.25, 0.3) is 5.91 Å². The van der Waals surface area contributed by atoms with E-state index in [9.17, 15) is 19.2 Å². The molecular formula is C50H61N11O7. The number of imide groups is 1. The van der Waals surface area contributed by atoms with Crippen LogP contribution in [0.1, 0.15) is 96.0 Å². The van der Waals surface area contributed by atoms with Gasteiger partial charge in [0.05, 0.1) is 32.0 Å². The van der Waals surface area contributed by atoms with Crippen LogP contribution in [-0.2, 0) is 37.6 Å². The molecule has 18 nitrogen and oxygen atoms in total. The van der Waals surface area contributed by atoms with Crippen LogP contribution in [0.2, 0.25) is 0 Å². The van der Waals surface area contributed by atoms with Crippen LogP contribution in [0.4, 0.5) is 11.4 Å². The monoisotopic (exact) mass is 927 g/mol. The molecule has 5 heterocycles. The van der Waals surface area contributed by atoms with E-state index < -0.39 is 23.4 Å². The zero-order valence-corrected chi connectivity index (χ0v) is 38.9. The van der Waals surface area contributed by atoms with E-state index in [2.05, 4.69) is 54.1 Å². The van der Waals surface area contributed by atoms with Crippen LogP contribution in [0.5, 0.6) is 5.75 Å². The van der Waals surface area contributed by atoms with E-state index in [0.29, 0.717) is 87.4 Å². The SMILES string of the molecule is CCc1c(C(N)=O)ccc(-c2cccc(OCCCCCCOCCOCCNc3cccc4c3CN(C3CCC(=O)NC3=O)C4=O)c2)c1NC1(c2nc(-c3ccncn3)n[nH]2)CCN(C)CC1. The number of ether oxygens (including phenoxy) is 3. The third-order valence-electron chi connectivity index (χ3n) is 13.0. The number of carbonyl (C=O) groups is 4. The maximum Gasteiger partial charge on any atom is 0.255 e. The van der Waals surface area contributed by atoms with Crippen molar-refractivity contribution < 1.29 is 33.4 Å². The highest BCUT2D eigenvalue weighted by Gasteiger charge is 2.41. The lowest BCUT2D eigenvalue weighted by Gasteiger charge is -2.41. The van der Waals surface area contributed by atoms with Crippen LogP contribution in [0.3, 0.4) is 0 Å². The number of H-pyrrole nitrogens is 1. The van der Waals surface area contributed by atoms with Crippen molar-refractivity contribution in [3.63, 3.8) is 0 Å². The van der Waals surface area contributed by atoms with Crippen LogP contribution >= 0.6 is 0 Å². The summed E-state index contributed by atoms with van der Waals surface area (Å²) >= 11 is 0. The van der Waals surface area contributed by atoms with Crippen LogP contribution in [0.15, 0.2) is 73.2 Å². The van der Waals surface area contributed by atoms with Gasteiger partial charge in [0.2, 0.25) is 17.7 Å². The molecule has 0 radical (unpaired) electrons. The predicted octanol–water partition coefficient (Wildman–Crippen LogP) is 5.47. The molecule has 2 aromatic heterocycles. The number of hydrogen-bond acceptors (Lipinski definition) is 14. The molecule has 6 N–H and O–H groups in total. The summed E-state index contributed by atoms with van der Waals surface area (Å²) in [6.07, 6.45) is 9.64. The third kappa shape index (κ3) is 11.2. The van der Waals surface area contributed by atoms with Gasteiger partial charge in [-0.2, -0.15) is 5.10 Å². The highest BCUT2D eigenvalue weighted by atomic mass is 16.5. The number of unbranched alkanes of at least 4 members (excludes halogenated alkanes) is 3. The molecule has 68 heavy (non-hydrogen) atoms. The minimum absolute atomic E-state index is 0.194. The van der Waals surface area contributed by atoms with Gasteiger partial charge in [-0.3, -0.25) is 29.6 Å². The fraction of sp³-hybridized carbons (Fsp3) is 0.440. The molecule has 3 aromatic carbocycles. The van der Waals surface area contributed by atoms with Crippen molar-refractivity contribution in [3.8, 4) is 28.4 Å². The smallest absolute Gasteiger partial charge is 0.255 e. The molecular weight excluding hydrogens is 867 g/mol. The molecule has 1 unspecified atom stereocenters. The maximum absolute atomic E-state index is 13.1. The zero-order valence-electron chi connectivity index (χ0n) is 38.9. The Kier molecular flexibility index (Phi) is 15.7. The number of nitrogens with two attached hydrogens (primary N) is 1. The predicted molar refractivity (Wildman–Crippen MR) is 256 cm³/mol. The van der Waals surface area contributed by atoms with Crippen LogP contribution in [-0.4, -0.2) is 124 Å². The lowest BCUT2D eigenvalue weighted by atomic mass is 9.84. The van der Waals surface area contributed by atoms with Gasteiger partial charge in [0.15, 0.2) is 11.6 Å². The molecule has 0 saturated carbocycles. The fourth-order valence-electron chi connectivity index (χ4n) is 9.24. The van der Waals surface area contributed by atoms with Crippen LogP contribution < -0.4 is 26.4 Å². The van der Waals surface area contributed by atoms with Crippen LogP contribution in [0.25, 0.3) is 22.6 Å². The van der Waals surface area contributed by atoms with Crippen LogP contribution in [0, 0.1) is 0 Å². The first kappa shape index (κ1) is 47.7. The van der Waals surface area contributed by atoms with E-state index in [1.54, 1.807) is 23.2 Å². The number of rotatable bonds is 23. The summed E-state index contributed by atoms with van der Waals surface area (Å²) in [5.41, 5.74) is 12.3. The molecule has 5 aromatic rings. The lowest BCUT2D eigenvalue weighted by molar-refractivity contribution is -0.136. The number of anilines is 2. The second-order valence-corrected chi connectivity index (χ2v) is 17.5. The Balaban J connectivity index is 0.774. The van der Waals surface area contributed by atoms with Gasteiger partial charge in [-0.25, -0.2) is 15.0 Å². The lowest BCUT2D eigenvalue weighted by Crippen LogP contribution is -2.52. The summed E-state index contributed by atoms with van der Waals surface area (Å²) in [6, 6.07) is 18.5. The van der Waals surface area contributed by atoms with Crippen molar-refractivity contribution in [2.75, 3.05) is 70.3 Å². The Morgan fingerprint density at radius 3 is 2.49 bits per heavy atom. The first-order valence-corrected chi connectivity index (χ1v) is 23.6. The number of benzene rings is 3. The number of piperidine rings is 2. The quantitative estimate of drug-likeness (QED) is 0.0404. The number of amides is 4. The number of likely N-dealkylation sites (tertiary alicyclic amines) is 1. The molecule has 4 amide bonds. The molecule has 8 rings (SSSR count). The molecule has 0 bridgehead atoms. The van der Waals surface area contributed by atoms with E-state index in [4.69, 9.17) is 24.9 Å². The zero-order chi connectivity index (χ0) is 47.5. The molecule has 18 heteroatoms. The van der Waals surface area contributed by atoms with Gasteiger partial charge in [0, 0.05) is 79.0 Å². The first-order valence-electron chi connectivity index (χ1n) is 23.6. The summed E-state index contributed by atoms with van der Waals surface area (Å²) in [6.45, 7) is 7.24. The second kappa shape index (κ2) is 22.4. The molecule has 2 saturated heterocycles. The molecule has 0 aliphatic carbocycles. The van der Waals surface area contributed by atoms with Gasteiger partial charge in [0.1, 0.15) is 23.8 Å². The summed E-state index contributed by atoms with van der Waals surface area (Å²) < 4.78 is 17.9. The number of fused-ring (bicyclic) bond motifs is 1. The number of nitrogens with zero attached hydrogens (tertiary/aromatic N) is 6. The van der Waals surface area contributed by atoms with Crippen molar-refractivity contribution in [1.29, 1.82) is 0 Å². The van der Waals surface area contributed by atoms with E-state index in [-0.39, 0.29) is 18.2 Å². The summed E-state index contributed by atoms with van der Waals surface area (Å²) in [4.78, 5) is 67.1. The van der Waals surface area contributed by atoms with Crippen molar-refractivity contribution in [2.24, 2.45) is 5.73 Å². The van der Waals surface area contributed by atoms with Gasteiger partial charge < -0.3 is 40.4 Å². The van der Waals surface area contributed by atoms with Crippen molar-refractivity contribution in [3.05, 3.63) is 101 Å². The number of hydrogen-bond donors (Lipinski definition) is 5. The Morgan fingerprint density at radius 2 is 1.72 bits per heavy atom. The highest BCUT2D eigenvalue weighted by molar-refractivity contribution is 6.06. The normalized spacial score (nSPS) is 16.9. The van der Waals surface area contributed by atoms with Gasteiger partial charge in [-0.05, 0) is 99.5 Å². The van der Waals surface area contributed by atoms with Crippen molar-refractivity contribution in [2.45, 2.75) is 82.8 Å². The molecule has 2 fully saturated rings. The highest BCUT2D eigenvalue weighted by Crippen LogP contribution is 2.42. The average molecular weight is 928 g/mol. The number of primary amides is 1. The first-order chi connectivity index (χ1) is 33.1. The minimum Gasteiger partial charge on any atom is -0.494 e. The standard InChI is InChI=1S/C50H61N11O7/c1-3-35-37(45(51)63)15-14-36(44(35)57-50(19-23-60(2)24-20-50)49-56-46(58-59-49)41-18-21-52-32-54-41)33-10-8-11-34(30-33)68-26-7-5-4-6-25-66-28-29-67-27-22-53-40-13-9-12-38-39(40)31-61(48(38)65)42-16-17-43(62)55-47(42)64/h8-15,18,21,30,32,42,53,57H,3-7,16-17,19-20,22-29,31H2,1-2H3,(H2,51,63)(H,55,62,64)(H,56,58,59). The number of aromatic amines is 1. The van der Waals surface area contributed by atoms with Gasteiger partial charge in [-0.15, -0.1) is 0 Å². The summed E-state index contributed by atoms with van der Waals surface area (Å²) in [5.74, 6) is 0.563. The Hall–Kier alpha value is -6.76.